The Bertz CT molecular complexity index is 345. The number of halogens is 1. The van der Waals surface area contributed by atoms with Crippen molar-refractivity contribution in [2.45, 2.75) is 45.1 Å². The minimum absolute atomic E-state index is 0.576. The van der Waals surface area contributed by atoms with Crippen molar-refractivity contribution in [3.05, 3.63) is 33.4 Å². The summed E-state index contributed by atoms with van der Waals surface area (Å²) >= 11 is 2.41. The number of hydrogen-bond donors (Lipinski definition) is 1. The number of nitrogens with one attached hydrogen (secondary N) is 1. The molecule has 0 amide bonds. The van der Waals surface area contributed by atoms with Crippen molar-refractivity contribution < 1.29 is 0 Å². The Morgan fingerprint density at radius 3 is 2.76 bits per heavy atom. The van der Waals surface area contributed by atoms with E-state index in [1.807, 2.05) is 0 Å². The Labute approximate surface area is 119 Å². The van der Waals surface area contributed by atoms with Gasteiger partial charge in [0.05, 0.1) is 0 Å². The first-order chi connectivity index (χ1) is 8.31. The first-order valence-corrected chi connectivity index (χ1v) is 7.88. The quantitative estimate of drug-likeness (QED) is 0.775. The van der Waals surface area contributed by atoms with Crippen molar-refractivity contribution in [1.29, 1.82) is 0 Å². The Morgan fingerprint density at radius 2 is 2.12 bits per heavy atom. The Hall–Kier alpha value is -0.0900. The van der Waals surface area contributed by atoms with Crippen LogP contribution in [0.5, 0.6) is 0 Å². The topological polar surface area (TPSA) is 12.0 Å². The van der Waals surface area contributed by atoms with E-state index in [4.69, 9.17) is 0 Å². The van der Waals surface area contributed by atoms with E-state index >= 15 is 0 Å². The minimum atomic E-state index is 0.576. The van der Waals surface area contributed by atoms with Gasteiger partial charge in [-0.15, -0.1) is 0 Å². The average Bonchev–Trinajstić information content (AvgIpc) is 2.83. The third-order valence-corrected chi connectivity index (χ3v) is 4.36. The number of rotatable bonds is 5. The lowest BCUT2D eigenvalue weighted by Crippen LogP contribution is -2.27. The van der Waals surface area contributed by atoms with Crippen LogP contribution in [0.1, 0.15) is 50.6 Å². The van der Waals surface area contributed by atoms with Crippen LogP contribution in [0.3, 0.4) is 0 Å². The third kappa shape index (κ3) is 3.68. The molecule has 1 aromatic rings. The van der Waals surface area contributed by atoms with E-state index in [9.17, 15) is 0 Å². The van der Waals surface area contributed by atoms with E-state index in [0.29, 0.717) is 6.04 Å². The first kappa shape index (κ1) is 13.3. The maximum absolute atomic E-state index is 3.75. The summed E-state index contributed by atoms with van der Waals surface area (Å²) in [6, 6.07) is 9.56. The van der Waals surface area contributed by atoms with Gasteiger partial charge in [0.1, 0.15) is 0 Å². The van der Waals surface area contributed by atoms with Gasteiger partial charge in [0.25, 0.3) is 0 Å². The number of hydrogen-bond acceptors (Lipinski definition) is 1. The van der Waals surface area contributed by atoms with Crippen LogP contribution in [0.25, 0.3) is 0 Å². The van der Waals surface area contributed by atoms with Crippen molar-refractivity contribution in [1.82, 2.24) is 5.32 Å². The van der Waals surface area contributed by atoms with Crippen molar-refractivity contribution in [2.24, 2.45) is 5.92 Å². The standard InChI is InChI=1S/C15H22IN/c1-2-10-17-15(12-6-3-4-7-12)13-8-5-9-14(16)11-13/h5,8-9,11-12,15,17H,2-4,6-7,10H2,1H3. The summed E-state index contributed by atoms with van der Waals surface area (Å²) in [5.41, 5.74) is 1.48. The average molecular weight is 343 g/mol. The maximum Gasteiger partial charge on any atom is 0.0349 e. The van der Waals surface area contributed by atoms with Crippen LogP contribution in [0.15, 0.2) is 24.3 Å². The first-order valence-electron chi connectivity index (χ1n) is 6.80. The van der Waals surface area contributed by atoms with Crippen LogP contribution in [-0.2, 0) is 0 Å². The molecule has 1 aromatic carbocycles. The van der Waals surface area contributed by atoms with Gasteiger partial charge in [-0.2, -0.15) is 0 Å². The van der Waals surface area contributed by atoms with Crippen LogP contribution in [0.2, 0.25) is 0 Å². The molecule has 0 heterocycles. The molecule has 0 bridgehead atoms. The van der Waals surface area contributed by atoms with Crippen molar-refractivity contribution in [2.75, 3.05) is 6.54 Å². The molecule has 1 nitrogen and oxygen atoms in total. The van der Waals surface area contributed by atoms with Crippen LogP contribution in [0.4, 0.5) is 0 Å². The lowest BCUT2D eigenvalue weighted by Gasteiger charge is -2.25. The van der Waals surface area contributed by atoms with Gasteiger partial charge in [-0.3, -0.25) is 0 Å². The molecular formula is C15H22IN. The predicted octanol–water partition coefficient (Wildman–Crippen LogP) is 4.52. The van der Waals surface area contributed by atoms with E-state index in [0.717, 1.165) is 12.5 Å². The second-order valence-electron chi connectivity index (χ2n) is 5.03. The van der Waals surface area contributed by atoms with Gasteiger partial charge < -0.3 is 5.32 Å². The molecule has 1 N–H and O–H groups in total. The molecule has 94 valence electrons. The van der Waals surface area contributed by atoms with Crippen LogP contribution in [-0.4, -0.2) is 6.54 Å². The fourth-order valence-electron chi connectivity index (χ4n) is 2.85. The predicted molar refractivity (Wildman–Crippen MR) is 82.2 cm³/mol. The Morgan fingerprint density at radius 1 is 1.35 bits per heavy atom. The van der Waals surface area contributed by atoms with Crippen molar-refractivity contribution in [3.8, 4) is 0 Å². The summed E-state index contributed by atoms with van der Waals surface area (Å²) in [6.45, 7) is 3.38. The SMILES string of the molecule is CCCNC(c1cccc(I)c1)C1CCCC1. The van der Waals surface area contributed by atoms with Crippen molar-refractivity contribution >= 4 is 22.6 Å². The lowest BCUT2D eigenvalue weighted by atomic mass is 9.91. The van der Waals surface area contributed by atoms with E-state index < -0.39 is 0 Å². The molecule has 0 spiro atoms. The molecule has 2 rings (SSSR count). The second-order valence-corrected chi connectivity index (χ2v) is 6.28. The van der Waals surface area contributed by atoms with Crippen molar-refractivity contribution in [3.63, 3.8) is 0 Å². The fourth-order valence-corrected chi connectivity index (χ4v) is 3.41. The molecule has 1 fully saturated rings. The van der Waals surface area contributed by atoms with Gasteiger partial charge in [0.2, 0.25) is 0 Å². The molecule has 1 aliphatic carbocycles. The molecule has 0 aliphatic heterocycles. The highest BCUT2D eigenvalue weighted by Gasteiger charge is 2.25. The van der Waals surface area contributed by atoms with Gasteiger partial charge in [-0.1, -0.05) is 31.9 Å². The summed E-state index contributed by atoms with van der Waals surface area (Å²) in [4.78, 5) is 0. The minimum Gasteiger partial charge on any atom is -0.310 e. The molecular weight excluding hydrogens is 321 g/mol. The fraction of sp³-hybridized carbons (Fsp3) is 0.600. The molecule has 0 radical (unpaired) electrons. The summed E-state index contributed by atoms with van der Waals surface area (Å²) in [5.74, 6) is 0.847. The van der Waals surface area contributed by atoms with Crippen LogP contribution in [0, 0.1) is 9.49 Å². The van der Waals surface area contributed by atoms with Crippen LogP contribution >= 0.6 is 22.6 Å². The van der Waals surface area contributed by atoms with Gasteiger partial charge in [0.15, 0.2) is 0 Å². The Balaban J connectivity index is 2.13. The second kappa shape index (κ2) is 6.74. The summed E-state index contributed by atoms with van der Waals surface area (Å²) in [7, 11) is 0. The van der Waals surface area contributed by atoms with E-state index in [1.165, 1.54) is 41.2 Å². The monoisotopic (exact) mass is 343 g/mol. The van der Waals surface area contributed by atoms with Gasteiger partial charge in [-0.05, 0) is 72.0 Å². The zero-order chi connectivity index (χ0) is 12.1. The van der Waals surface area contributed by atoms with Gasteiger partial charge in [-0.25, -0.2) is 0 Å². The molecule has 1 unspecified atom stereocenters. The molecule has 0 saturated heterocycles. The molecule has 1 saturated carbocycles. The van der Waals surface area contributed by atoms with E-state index in [1.54, 1.807) is 0 Å². The largest absolute Gasteiger partial charge is 0.310 e. The zero-order valence-corrected chi connectivity index (χ0v) is 12.7. The maximum atomic E-state index is 3.75. The highest BCUT2D eigenvalue weighted by molar-refractivity contribution is 14.1. The summed E-state index contributed by atoms with van der Waals surface area (Å²) < 4.78 is 1.35. The lowest BCUT2D eigenvalue weighted by molar-refractivity contribution is 0.368. The zero-order valence-electron chi connectivity index (χ0n) is 10.6. The molecule has 2 heteroatoms. The summed E-state index contributed by atoms with van der Waals surface area (Å²) in [6.07, 6.45) is 6.84. The Kier molecular flexibility index (Phi) is 5.29. The smallest absolute Gasteiger partial charge is 0.0349 e. The highest BCUT2D eigenvalue weighted by Crippen LogP contribution is 2.36. The highest BCUT2D eigenvalue weighted by atomic mass is 127. The normalized spacial score (nSPS) is 18.5. The summed E-state index contributed by atoms with van der Waals surface area (Å²) in [5, 5.41) is 3.75. The van der Waals surface area contributed by atoms with E-state index in [-0.39, 0.29) is 0 Å². The van der Waals surface area contributed by atoms with Gasteiger partial charge in [0, 0.05) is 9.61 Å². The molecule has 1 atom stereocenters. The molecule has 1 aliphatic rings. The van der Waals surface area contributed by atoms with Gasteiger partial charge >= 0.3 is 0 Å². The van der Waals surface area contributed by atoms with Crippen LogP contribution < -0.4 is 5.32 Å². The third-order valence-electron chi connectivity index (χ3n) is 3.69. The molecule has 0 aromatic heterocycles. The molecule has 17 heavy (non-hydrogen) atoms. The number of benzene rings is 1. The van der Waals surface area contributed by atoms with E-state index in [2.05, 4.69) is 59.1 Å².